The molecule has 0 atom stereocenters. The van der Waals surface area contributed by atoms with E-state index in [0.29, 0.717) is 19.6 Å². The summed E-state index contributed by atoms with van der Waals surface area (Å²) in [5, 5.41) is 2.98. The zero-order valence-corrected chi connectivity index (χ0v) is 13.8. The quantitative estimate of drug-likeness (QED) is 0.885. The number of carbonyl (C=O) groups excluding carboxylic acids is 1. The van der Waals surface area contributed by atoms with Gasteiger partial charge in [-0.2, -0.15) is 0 Å². The second kappa shape index (κ2) is 7.73. The fourth-order valence-corrected chi connectivity index (χ4v) is 2.82. The molecule has 5 heteroatoms. The molecular formula is C19H22N2O3. The molecule has 0 unspecified atom stereocenters. The van der Waals surface area contributed by atoms with Crippen LogP contribution in [0.2, 0.25) is 0 Å². The van der Waals surface area contributed by atoms with Crippen LogP contribution in [0.25, 0.3) is 0 Å². The zero-order chi connectivity index (χ0) is 16.8. The van der Waals surface area contributed by atoms with Crippen molar-refractivity contribution < 1.29 is 14.3 Å². The maximum atomic E-state index is 12.1. The summed E-state index contributed by atoms with van der Waals surface area (Å²) >= 11 is 0. The number of methoxy groups -OCH3 is 1. The molecule has 0 radical (unpaired) electrons. The predicted octanol–water partition coefficient (Wildman–Crippen LogP) is 2.25. The van der Waals surface area contributed by atoms with Crippen LogP contribution < -0.4 is 19.7 Å². The third kappa shape index (κ3) is 3.98. The van der Waals surface area contributed by atoms with E-state index in [0.717, 1.165) is 35.8 Å². The number of amides is 1. The van der Waals surface area contributed by atoms with Crippen LogP contribution >= 0.6 is 0 Å². The third-order valence-electron chi connectivity index (χ3n) is 4.03. The van der Waals surface area contributed by atoms with Crippen LogP contribution in [0.5, 0.6) is 11.5 Å². The van der Waals surface area contributed by atoms with Gasteiger partial charge in [-0.05, 0) is 29.8 Å². The number of hydrogen-bond acceptors (Lipinski definition) is 4. The van der Waals surface area contributed by atoms with Gasteiger partial charge in [-0.3, -0.25) is 4.79 Å². The van der Waals surface area contributed by atoms with Crippen molar-refractivity contribution in [2.45, 2.75) is 6.42 Å². The summed E-state index contributed by atoms with van der Waals surface area (Å²) in [4.78, 5) is 14.3. The lowest BCUT2D eigenvalue weighted by molar-refractivity contribution is -0.120. The van der Waals surface area contributed by atoms with Gasteiger partial charge < -0.3 is 19.7 Å². The highest BCUT2D eigenvalue weighted by Gasteiger charge is 2.16. The summed E-state index contributed by atoms with van der Waals surface area (Å²) in [6, 6.07) is 15.6. The van der Waals surface area contributed by atoms with Gasteiger partial charge in [0, 0.05) is 13.1 Å². The topological polar surface area (TPSA) is 50.8 Å². The fraction of sp³-hybridized carbons (Fsp3) is 0.316. The van der Waals surface area contributed by atoms with Crippen molar-refractivity contribution >= 4 is 11.6 Å². The molecule has 24 heavy (non-hydrogen) atoms. The number of fused-ring (bicyclic) bond motifs is 1. The molecule has 1 aliphatic rings. The average molecular weight is 326 g/mol. The monoisotopic (exact) mass is 326 g/mol. The summed E-state index contributed by atoms with van der Waals surface area (Å²) in [7, 11) is 1.62. The lowest BCUT2D eigenvalue weighted by Gasteiger charge is -2.31. The van der Waals surface area contributed by atoms with E-state index < -0.39 is 0 Å². The zero-order valence-electron chi connectivity index (χ0n) is 13.8. The van der Waals surface area contributed by atoms with Crippen molar-refractivity contribution in [3.8, 4) is 11.5 Å². The van der Waals surface area contributed by atoms with Gasteiger partial charge in [0.05, 0.1) is 25.8 Å². The summed E-state index contributed by atoms with van der Waals surface area (Å²) in [5.74, 6) is 1.70. The van der Waals surface area contributed by atoms with E-state index in [1.54, 1.807) is 7.11 Å². The van der Waals surface area contributed by atoms with Gasteiger partial charge >= 0.3 is 0 Å². The first-order valence-electron chi connectivity index (χ1n) is 8.12. The van der Waals surface area contributed by atoms with E-state index in [2.05, 4.69) is 10.2 Å². The highest BCUT2D eigenvalue weighted by atomic mass is 16.5. The molecule has 5 nitrogen and oxygen atoms in total. The average Bonchev–Trinajstić information content (AvgIpc) is 2.62. The summed E-state index contributed by atoms with van der Waals surface area (Å²) in [6.07, 6.45) is 0.358. The standard InChI is InChI=1S/C19H22N2O3/c1-23-16-6-4-5-15(13-16)14-19(22)20-9-10-21-11-12-24-18-8-3-2-7-17(18)21/h2-8,13H,9-12,14H2,1H3,(H,20,22). The second-order valence-electron chi connectivity index (χ2n) is 5.68. The van der Waals surface area contributed by atoms with Crippen molar-refractivity contribution in [3.63, 3.8) is 0 Å². The molecule has 1 heterocycles. The number of benzene rings is 2. The summed E-state index contributed by atoms with van der Waals surface area (Å²) in [5.41, 5.74) is 2.04. The Morgan fingerprint density at radius 2 is 2.12 bits per heavy atom. The number of nitrogens with one attached hydrogen (secondary N) is 1. The Bertz CT molecular complexity index is 703. The van der Waals surface area contributed by atoms with Gasteiger partial charge in [-0.25, -0.2) is 0 Å². The smallest absolute Gasteiger partial charge is 0.224 e. The molecular weight excluding hydrogens is 304 g/mol. The highest BCUT2D eigenvalue weighted by molar-refractivity contribution is 5.78. The number of nitrogens with zero attached hydrogens (tertiary/aromatic N) is 1. The largest absolute Gasteiger partial charge is 0.497 e. The molecule has 1 amide bonds. The van der Waals surface area contributed by atoms with Crippen LogP contribution in [-0.4, -0.2) is 39.3 Å². The number of para-hydroxylation sites is 2. The van der Waals surface area contributed by atoms with E-state index in [9.17, 15) is 4.79 Å². The number of anilines is 1. The first-order chi connectivity index (χ1) is 11.8. The van der Waals surface area contributed by atoms with Crippen LogP contribution in [0, 0.1) is 0 Å². The second-order valence-corrected chi connectivity index (χ2v) is 5.68. The van der Waals surface area contributed by atoms with Crippen molar-refractivity contribution in [1.82, 2.24) is 5.32 Å². The molecule has 0 spiro atoms. The molecule has 0 fully saturated rings. The fourth-order valence-electron chi connectivity index (χ4n) is 2.82. The van der Waals surface area contributed by atoms with E-state index in [4.69, 9.17) is 9.47 Å². The number of ether oxygens (including phenoxy) is 2. The number of carbonyl (C=O) groups is 1. The Morgan fingerprint density at radius 1 is 1.25 bits per heavy atom. The first kappa shape index (κ1) is 16.2. The molecule has 3 rings (SSSR count). The molecule has 0 aliphatic carbocycles. The SMILES string of the molecule is COc1cccc(CC(=O)NCCN2CCOc3ccccc32)c1. The van der Waals surface area contributed by atoms with E-state index in [1.807, 2.05) is 48.5 Å². The lowest BCUT2D eigenvalue weighted by atomic mass is 10.1. The Balaban J connectivity index is 1.49. The Hall–Kier alpha value is -2.69. The van der Waals surface area contributed by atoms with Crippen molar-refractivity contribution in [1.29, 1.82) is 0 Å². The molecule has 0 bridgehead atoms. The minimum absolute atomic E-state index is 0.0183. The lowest BCUT2D eigenvalue weighted by Crippen LogP contribution is -2.39. The normalized spacial score (nSPS) is 13.0. The van der Waals surface area contributed by atoms with E-state index in [-0.39, 0.29) is 5.91 Å². The molecule has 2 aromatic carbocycles. The Labute approximate surface area is 142 Å². The Kier molecular flexibility index (Phi) is 5.21. The number of hydrogen-bond donors (Lipinski definition) is 1. The first-order valence-corrected chi connectivity index (χ1v) is 8.12. The minimum atomic E-state index is 0.0183. The maximum Gasteiger partial charge on any atom is 0.224 e. The molecule has 0 saturated heterocycles. The van der Waals surface area contributed by atoms with Gasteiger partial charge in [-0.1, -0.05) is 24.3 Å². The predicted molar refractivity (Wildman–Crippen MR) is 93.9 cm³/mol. The minimum Gasteiger partial charge on any atom is -0.497 e. The van der Waals surface area contributed by atoms with Crippen LogP contribution in [-0.2, 0) is 11.2 Å². The van der Waals surface area contributed by atoms with Crippen LogP contribution in [0.15, 0.2) is 48.5 Å². The molecule has 2 aromatic rings. The molecule has 0 aromatic heterocycles. The Morgan fingerprint density at radius 3 is 3.00 bits per heavy atom. The van der Waals surface area contributed by atoms with E-state index in [1.165, 1.54) is 0 Å². The molecule has 126 valence electrons. The van der Waals surface area contributed by atoms with Crippen LogP contribution in [0.1, 0.15) is 5.56 Å². The summed E-state index contributed by atoms with van der Waals surface area (Å²) < 4.78 is 10.8. The third-order valence-corrected chi connectivity index (χ3v) is 4.03. The van der Waals surface area contributed by atoms with Gasteiger partial charge in [0.2, 0.25) is 5.91 Å². The van der Waals surface area contributed by atoms with Crippen LogP contribution in [0.3, 0.4) is 0 Å². The molecule has 1 N–H and O–H groups in total. The molecule has 1 aliphatic heterocycles. The van der Waals surface area contributed by atoms with Gasteiger partial charge in [0.15, 0.2) is 0 Å². The maximum absolute atomic E-state index is 12.1. The van der Waals surface area contributed by atoms with E-state index >= 15 is 0 Å². The van der Waals surface area contributed by atoms with Gasteiger partial charge in [0.25, 0.3) is 0 Å². The van der Waals surface area contributed by atoms with Crippen molar-refractivity contribution in [2.75, 3.05) is 38.3 Å². The van der Waals surface area contributed by atoms with Crippen molar-refractivity contribution in [2.24, 2.45) is 0 Å². The van der Waals surface area contributed by atoms with Gasteiger partial charge in [-0.15, -0.1) is 0 Å². The van der Waals surface area contributed by atoms with Crippen LogP contribution in [0.4, 0.5) is 5.69 Å². The van der Waals surface area contributed by atoms with Crippen molar-refractivity contribution in [3.05, 3.63) is 54.1 Å². The number of rotatable bonds is 6. The molecule has 0 saturated carbocycles. The van der Waals surface area contributed by atoms with Gasteiger partial charge in [0.1, 0.15) is 18.1 Å². The highest BCUT2D eigenvalue weighted by Crippen LogP contribution is 2.30. The summed E-state index contributed by atoms with van der Waals surface area (Å²) in [6.45, 7) is 2.89.